The van der Waals surface area contributed by atoms with Crippen molar-refractivity contribution in [3.8, 4) is 0 Å². The lowest BCUT2D eigenvalue weighted by Gasteiger charge is -2.22. The number of carboxylic acid groups (broad SMARTS) is 1. The number of likely N-dealkylation sites (N-methyl/N-ethyl adjacent to an activating group) is 1. The van der Waals surface area contributed by atoms with E-state index in [2.05, 4.69) is 10.6 Å². The molecule has 3 N–H and O–H groups in total. The van der Waals surface area contributed by atoms with Crippen molar-refractivity contribution in [3.05, 3.63) is 0 Å². The Kier molecular flexibility index (Phi) is 6.72. The highest BCUT2D eigenvalue weighted by Crippen LogP contribution is 2.07. The number of hydrogen-bond donors (Lipinski definition) is 3. The minimum absolute atomic E-state index is 0.159. The summed E-state index contributed by atoms with van der Waals surface area (Å²) in [5.74, 6) is -0.741. The molecule has 0 saturated heterocycles. The van der Waals surface area contributed by atoms with Crippen LogP contribution in [0.3, 0.4) is 0 Å². The largest absolute Gasteiger partial charge is 0.480 e. The van der Waals surface area contributed by atoms with Gasteiger partial charge in [0.1, 0.15) is 6.04 Å². The fraction of sp³-hybridized carbons (Fsp3) is 0.818. The first-order valence-corrected chi connectivity index (χ1v) is 5.62. The molecular weight excluding hydrogens is 208 g/mol. The number of aliphatic carboxylic acids is 1. The van der Waals surface area contributed by atoms with Crippen molar-refractivity contribution in [2.24, 2.45) is 5.92 Å². The predicted molar refractivity (Wildman–Crippen MR) is 62.2 cm³/mol. The van der Waals surface area contributed by atoms with Crippen LogP contribution >= 0.6 is 0 Å². The Labute approximate surface area is 96.6 Å². The third-order valence-electron chi connectivity index (χ3n) is 2.38. The molecule has 0 bridgehead atoms. The summed E-state index contributed by atoms with van der Waals surface area (Å²) in [5.41, 5.74) is 0. The molecule has 0 aromatic rings. The van der Waals surface area contributed by atoms with Crippen LogP contribution in [0.2, 0.25) is 0 Å². The Morgan fingerprint density at radius 2 is 1.81 bits per heavy atom. The van der Waals surface area contributed by atoms with E-state index < -0.39 is 18.1 Å². The first-order chi connectivity index (χ1) is 7.42. The minimum Gasteiger partial charge on any atom is -0.480 e. The Morgan fingerprint density at radius 3 is 2.12 bits per heavy atom. The number of nitrogens with one attached hydrogen (secondary N) is 2. The molecule has 94 valence electrons. The Bertz CT molecular complexity index is 241. The SMILES string of the molecule is CCC(NC(CC(C)C)C(=O)NC)C(=O)O. The van der Waals surface area contributed by atoms with Gasteiger partial charge >= 0.3 is 5.97 Å². The van der Waals surface area contributed by atoms with Crippen molar-refractivity contribution < 1.29 is 14.7 Å². The van der Waals surface area contributed by atoms with Crippen LogP contribution in [0.5, 0.6) is 0 Å². The van der Waals surface area contributed by atoms with Crippen molar-refractivity contribution in [1.29, 1.82) is 0 Å². The van der Waals surface area contributed by atoms with Crippen LogP contribution in [0.25, 0.3) is 0 Å². The van der Waals surface area contributed by atoms with Gasteiger partial charge in [0.05, 0.1) is 6.04 Å². The number of carbonyl (C=O) groups is 2. The molecule has 16 heavy (non-hydrogen) atoms. The number of carboxylic acids is 1. The van der Waals surface area contributed by atoms with Gasteiger partial charge in [0.2, 0.25) is 5.91 Å². The highest BCUT2D eigenvalue weighted by atomic mass is 16.4. The molecule has 0 aliphatic rings. The monoisotopic (exact) mass is 230 g/mol. The van der Waals surface area contributed by atoms with E-state index in [1.165, 1.54) is 0 Å². The maximum atomic E-state index is 11.6. The van der Waals surface area contributed by atoms with E-state index in [4.69, 9.17) is 5.11 Å². The molecular formula is C11H22N2O3. The first kappa shape index (κ1) is 14.9. The van der Waals surface area contributed by atoms with Crippen molar-refractivity contribution in [1.82, 2.24) is 10.6 Å². The molecule has 0 aliphatic carbocycles. The highest BCUT2D eigenvalue weighted by molar-refractivity contribution is 5.82. The minimum atomic E-state index is -0.917. The predicted octanol–water partition coefficient (Wildman–Crippen LogP) is 0.600. The summed E-state index contributed by atoms with van der Waals surface area (Å²) in [4.78, 5) is 22.4. The summed E-state index contributed by atoms with van der Waals surface area (Å²) in [6.45, 7) is 5.78. The molecule has 0 heterocycles. The average Bonchev–Trinajstić information content (AvgIpc) is 2.21. The average molecular weight is 230 g/mol. The second kappa shape index (κ2) is 7.22. The Hall–Kier alpha value is -1.10. The topological polar surface area (TPSA) is 78.4 Å². The quantitative estimate of drug-likeness (QED) is 0.598. The van der Waals surface area contributed by atoms with Gasteiger partial charge in [0.25, 0.3) is 0 Å². The smallest absolute Gasteiger partial charge is 0.320 e. The van der Waals surface area contributed by atoms with Gasteiger partial charge in [-0.05, 0) is 18.8 Å². The number of hydrogen-bond acceptors (Lipinski definition) is 3. The van der Waals surface area contributed by atoms with Crippen molar-refractivity contribution in [2.75, 3.05) is 7.05 Å². The van der Waals surface area contributed by atoms with E-state index in [0.717, 1.165) is 0 Å². The lowest BCUT2D eigenvalue weighted by molar-refractivity contribution is -0.140. The lowest BCUT2D eigenvalue weighted by atomic mass is 10.0. The van der Waals surface area contributed by atoms with Crippen LogP contribution in [0.1, 0.15) is 33.6 Å². The van der Waals surface area contributed by atoms with Crippen molar-refractivity contribution in [3.63, 3.8) is 0 Å². The van der Waals surface area contributed by atoms with Crippen LogP contribution < -0.4 is 10.6 Å². The molecule has 2 atom stereocenters. The van der Waals surface area contributed by atoms with E-state index in [9.17, 15) is 9.59 Å². The summed E-state index contributed by atoms with van der Waals surface area (Å²) < 4.78 is 0. The maximum Gasteiger partial charge on any atom is 0.320 e. The van der Waals surface area contributed by atoms with E-state index in [1.54, 1.807) is 14.0 Å². The van der Waals surface area contributed by atoms with Crippen molar-refractivity contribution in [2.45, 2.75) is 45.7 Å². The van der Waals surface area contributed by atoms with E-state index in [1.807, 2.05) is 13.8 Å². The van der Waals surface area contributed by atoms with Gasteiger partial charge in [-0.1, -0.05) is 20.8 Å². The highest BCUT2D eigenvalue weighted by Gasteiger charge is 2.24. The second-order valence-corrected chi connectivity index (χ2v) is 4.26. The molecule has 5 nitrogen and oxygen atoms in total. The Morgan fingerprint density at radius 1 is 1.25 bits per heavy atom. The van der Waals surface area contributed by atoms with E-state index in [0.29, 0.717) is 18.8 Å². The van der Waals surface area contributed by atoms with Crippen LogP contribution in [0.4, 0.5) is 0 Å². The van der Waals surface area contributed by atoms with Gasteiger partial charge in [0, 0.05) is 7.05 Å². The van der Waals surface area contributed by atoms with E-state index in [-0.39, 0.29) is 5.91 Å². The fourth-order valence-electron chi connectivity index (χ4n) is 1.50. The number of carbonyl (C=O) groups excluding carboxylic acids is 1. The van der Waals surface area contributed by atoms with Gasteiger partial charge in [-0.3, -0.25) is 14.9 Å². The molecule has 0 radical (unpaired) electrons. The summed E-state index contributed by atoms with van der Waals surface area (Å²) in [6, 6.07) is -1.10. The number of amides is 1. The normalized spacial score (nSPS) is 14.6. The van der Waals surface area contributed by atoms with Crippen molar-refractivity contribution >= 4 is 11.9 Å². The van der Waals surface area contributed by atoms with Crippen LogP contribution in [-0.2, 0) is 9.59 Å². The van der Waals surface area contributed by atoms with Crippen LogP contribution in [0, 0.1) is 5.92 Å². The number of rotatable bonds is 7. The molecule has 1 amide bonds. The van der Waals surface area contributed by atoms with Gasteiger partial charge < -0.3 is 10.4 Å². The maximum absolute atomic E-state index is 11.6. The third-order valence-corrected chi connectivity index (χ3v) is 2.38. The molecule has 0 saturated carbocycles. The standard InChI is InChI=1S/C11H22N2O3/c1-5-8(11(15)16)13-9(6-7(2)3)10(14)12-4/h7-9,13H,5-6H2,1-4H3,(H,12,14)(H,15,16). The summed E-state index contributed by atoms with van der Waals surface area (Å²) >= 11 is 0. The molecule has 5 heteroatoms. The second-order valence-electron chi connectivity index (χ2n) is 4.26. The molecule has 0 aromatic heterocycles. The summed E-state index contributed by atoms with van der Waals surface area (Å²) in [5, 5.41) is 14.3. The third kappa shape index (κ3) is 5.11. The van der Waals surface area contributed by atoms with Gasteiger partial charge in [-0.15, -0.1) is 0 Å². The van der Waals surface area contributed by atoms with E-state index >= 15 is 0 Å². The Balaban J connectivity index is 4.51. The zero-order valence-electron chi connectivity index (χ0n) is 10.4. The molecule has 0 rings (SSSR count). The lowest BCUT2D eigenvalue weighted by Crippen LogP contribution is -2.50. The molecule has 0 aromatic carbocycles. The first-order valence-electron chi connectivity index (χ1n) is 5.62. The van der Waals surface area contributed by atoms with Gasteiger partial charge in [0.15, 0.2) is 0 Å². The van der Waals surface area contributed by atoms with Crippen LogP contribution in [-0.4, -0.2) is 36.1 Å². The molecule has 0 aliphatic heterocycles. The summed E-state index contributed by atoms with van der Waals surface area (Å²) in [6.07, 6.45) is 1.09. The molecule has 2 unspecified atom stereocenters. The zero-order valence-corrected chi connectivity index (χ0v) is 10.4. The van der Waals surface area contributed by atoms with Crippen LogP contribution in [0.15, 0.2) is 0 Å². The zero-order chi connectivity index (χ0) is 12.7. The molecule has 0 spiro atoms. The summed E-state index contributed by atoms with van der Waals surface area (Å²) in [7, 11) is 1.55. The fourth-order valence-corrected chi connectivity index (χ4v) is 1.50. The van der Waals surface area contributed by atoms with Gasteiger partial charge in [-0.2, -0.15) is 0 Å². The van der Waals surface area contributed by atoms with Gasteiger partial charge in [-0.25, -0.2) is 0 Å². The molecule has 0 fully saturated rings.